The van der Waals surface area contributed by atoms with Gasteiger partial charge in [-0.2, -0.15) is 13.2 Å². The lowest BCUT2D eigenvalue weighted by atomic mass is 10.1. The molecule has 0 fully saturated rings. The number of hydrogen-bond donors (Lipinski definition) is 2. The molecule has 2 aromatic rings. The number of methoxy groups -OCH3 is 1. The van der Waals surface area contributed by atoms with E-state index in [2.05, 4.69) is 9.72 Å². The van der Waals surface area contributed by atoms with Gasteiger partial charge in [-0.3, -0.25) is 4.79 Å². The summed E-state index contributed by atoms with van der Waals surface area (Å²) in [7, 11) is 0.811. The first kappa shape index (κ1) is 19.0. The number of nitrogens with one attached hydrogen (secondary N) is 2. The maximum absolute atomic E-state index is 13.7. The molecule has 1 aromatic carbocycles. The molecule has 0 saturated carbocycles. The van der Waals surface area contributed by atoms with Gasteiger partial charge in [0.1, 0.15) is 0 Å². The summed E-state index contributed by atoms with van der Waals surface area (Å²) in [5.41, 5.74) is -2.13. The third-order valence-corrected chi connectivity index (χ3v) is 4.42. The molecule has 136 valence electrons. The first-order chi connectivity index (χ1) is 11.6. The zero-order valence-corrected chi connectivity index (χ0v) is 14.5. The highest BCUT2D eigenvalue weighted by atomic mass is 32.1. The minimum atomic E-state index is -5.15. The largest absolute Gasteiger partial charge is 0.466 e. The van der Waals surface area contributed by atoms with Crippen molar-refractivity contribution in [3.8, 4) is 0 Å². The lowest BCUT2D eigenvalue weighted by Crippen LogP contribution is -2.69. The van der Waals surface area contributed by atoms with E-state index >= 15 is 0 Å². The number of aromatic nitrogens is 1. The van der Waals surface area contributed by atoms with Crippen molar-refractivity contribution in [3.63, 3.8) is 0 Å². The maximum atomic E-state index is 13.7. The Kier molecular flexibility index (Phi) is 5.21. The highest BCUT2D eigenvalue weighted by molar-refractivity contribution is 7.22. The summed E-state index contributed by atoms with van der Waals surface area (Å²) in [4.78, 5) is 27.7. The van der Waals surface area contributed by atoms with Crippen LogP contribution in [0.15, 0.2) is 18.2 Å². The van der Waals surface area contributed by atoms with E-state index in [-0.39, 0.29) is 11.6 Å². The van der Waals surface area contributed by atoms with Crippen LogP contribution in [0.25, 0.3) is 10.2 Å². The topological polar surface area (TPSA) is 80.3 Å². The molecule has 1 aromatic heterocycles. The van der Waals surface area contributed by atoms with Gasteiger partial charge in [-0.05, 0) is 18.6 Å². The first-order valence-corrected chi connectivity index (χ1v) is 8.06. The summed E-state index contributed by atoms with van der Waals surface area (Å²) in [6.07, 6.45) is -5.40. The quantitative estimate of drug-likeness (QED) is 0.620. The number of aryl methyl sites for hydroxylation is 1. The van der Waals surface area contributed by atoms with Crippen molar-refractivity contribution in [2.45, 2.75) is 32.1 Å². The molecule has 0 radical (unpaired) electrons. The van der Waals surface area contributed by atoms with Gasteiger partial charge >= 0.3 is 17.8 Å². The number of carbonyl (C=O) groups excluding carboxylic acids is 2. The number of hydrogen-bond acceptors (Lipinski definition) is 6. The van der Waals surface area contributed by atoms with Crippen LogP contribution < -0.4 is 10.6 Å². The van der Waals surface area contributed by atoms with E-state index < -0.39 is 23.7 Å². The average Bonchev–Trinajstić information content (AvgIpc) is 2.96. The van der Waals surface area contributed by atoms with Crippen molar-refractivity contribution in [2.75, 3.05) is 12.4 Å². The van der Waals surface area contributed by atoms with E-state index in [1.165, 1.54) is 6.92 Å². The van der Waals surface area contributed by atoms with Crippen molar-refractivity contribution in [3.05, 3.63) is 23.8 Å². The summed E-state index contributed by atoms with van der Waals surface area (Å²) < 4.78 is 46.1. The molecule has 2 rings (SSSR count). The van der Waals surface area contributed by atoms with Crippen LogP contribution in [0.4, 0.5) is 18.3 Å². The van der Waals surface area contributed by atoms with E-state index in [4.69, 9.17) is 0 Å². The Bertz CT molecular complexity index is 806. The second kappa shape index (κ2) is 6.87. The maximum Gasteiger partial charge on any atom is 0.442 e. The van der Waals surface area contributed by atoms with E-state index in [0.717, 1.165) is 24.0 Å². The Morgan fingerprint density at radius 3 is 2.52 bits per heavy atom. The minimum Gasteiger partial charge on any atom is -0.466 e. The number of carbonyl (C=O) groups is 2. The fourth-order valence-electron chi connectivity index (χ4n) is 2.14. The molecule has 6 nitrogen and oxygen atoms in total. The zero-order chi connectivity index (χ0) is 18.8. The summed E-state index contributed by atoms with van der Waals surface area (Å²) in [6.45, 7) is 3.14. The molecule has 0 aliphatic carbocycles. The van der Waals surface area contributed by atoms with Crippen molar-refractivity contribution in [1.82, 2.24) is 10.3 Å². The molecule has 0 saturated heterocycles. The molecule has 1 atom stereocenters. The van der Waals surface area contributed by atoms with E-state index in [9.17, 15) is 22.8 Å². The van der Waals surface area contributed by atoms with Crippen LogP contribution in [0.3, 0.4) is 0 Å². The molecular weight excluding hydrogens is 359 g/mol. The molecule has 0 aliphatic rings. The number of nitrogens with zero attached hydrogens (tertiary/aromatic N) is 1. The minimum absolute atomic E-state index is 0.163. The lowest BCUT2D eigenvalue weighted by Gasteiger charge is -2.33. The summed E-state index contributed by atoms with van der Waals surface area (Å²) >= 11 is 0.936. The summed E-state index contributed by atoms with van der Waals surface area (Å²) in [6, 6.07) is 5.21. The number of amides is 1. The number of alkyl halides is 3. The van der Waals surface area contributed by atoms with Crippen molar-refractivity contribution in [2.24, 2.45) is 0 Å². The number of esters is 1. The Morgan fingerprint density at radius 2 is 2.00 bits per heavy atom. The average molecular weight is 375 g/mol. The predicted octanol–water partition coefficient (Wildman–Crippen LogP) is 2.97. The Balaban J connectivity index is 2.54. The Labute approximate surface area is 145 Å². The van der Waals surface area contributed by atoms with Gasteiger partial charge in [-0.1, -0.05) is 30.4 Å². The Hall–Kier alpha value is -2.36. The van der Waals surface area contributed by atoms with Crippen LogP contribution in [-0.4, -0.2) is 35.8 Å². The van der Waals surface area contributed by atoms with Crippen LogP contribution >= 0.6 is 11.3 Å². The molecule has 1 amide bonds. The van der Waals surface area contributed by atoms with Gasteiger partial charge in [-0.15, -0.1) is 0 Å². The number of para-hydroxylation sites is 1. The number of thiazole rings is 1. The van der Waals surface area contributed by atoms with Crippen LogP contribution in [0.1, 0.15) is 18.9 Å². The highest BCUT2D eigenvalue weighted by Crippen LogP contribution is 2.36. The summed E-state index contributed by atoms with van der Waals surface area (Å²) in [5, 5.41) is 3.57. The zero-order valence-electron chi connectivity index (χ0n) is 13.7. The van der Waals surface area contributed by atoms with Crippen LogP contribution in [-0.2, 0) is 14.3 Å². The van der Waals surface area contributed by atoms with Crippen molar-refractivity contribution in [1.29, 1.82) is 0 Å². The second-order valence-electron chi connectivity index (χ2n) is 5.21. The highest BCUT2D eigenvalue weighted by Gasteiger charge is 2.63. The van der Waals surface area contributed by atoms with Gasteiger partial charge in [-0.25, -0.2) is 9.78 Å². The molecule has 0 spiro atoms. The molecule has 0 aliphatic heterocycles. The summed E-state index contributed by atoms with van der Waals surface area (Å²) in [5.74, 6) is -2.65. The molecule has 2 N–H and O–H groups in total. The number of benzene rings is 1. The molecular formula is C15H16F3N3O3S. The lowest BCUT2D eigenvalue weighted by molar-refractivity contribution is -0.206. The van der Waals surface area contributed by atoms with Gasteiger partial charge in [0.25, 0.3) is 0 Å². The molecule has 0 bridgehead atoms. The molecule has 25 heavy (non-hydrogen) atoms. The molecule has 10 heteroatoms. The van der Waals surface area contributed by atoms with E-state index in [0.29, 0.717) is 10.2 Å². The third-order valence-electron chi connectivity index (χ3n) is 3.48. The molecule has 1 heterocycles. The van der Waals surface area contributed by atoms with E-state index in [1.54, 1.807) is 30.4 Å². The second-order valence-corrected chi connectivity index (χ2v) is 6.24. The van der Waals surface area contributed by atoms with Gasteiger partial charge in [0.2, 0.25) is 5.91 Å². The van der Waals surface area contributed by atoms with Gasteiger partial charge in [0, 0.05) is 6.42 Å². The van der Waals surface area contributed by atoms with Gasteiger partial charge in [0.05, 0.1) is 17.3 Å². The third kappa shape index (κ3) is 3.53. The Morgan fingerprint density at radius 1 is 1.32 bits per heavy atom. The number of ether oxygens (including phenoxy) is 1. The molecule has 0 unspecified atom stereocenters. The fraction of sp³-hybridized carbons (Fsp3) is 0.400. The van der Waals surface area contributed by atoms with E-state index in [1.807, 2.05) is 5.32 Å². The number of rotatable bonds is 5. The van der Waals surface area contributed by atoms with Gasteiger partial charge < -0.3 is 15.4 Å². The monoisotopic (exact) mass is 375 g/mol. The number of halogens is 3. The number of fused-ring (bicyclic) bond motifs is 1. The SMILES string of the molecule is CCC(=O)N[C@](Nc1nc2c(C)cccc2s1)(C(=O)OC)C(F)(F)F. The standard InChI is InChI=1S/C15H16F3N3O3S/c1-4-10(22)20-14(12(23)24-3,15(16,17)18)21-13-19-11-8(2)6-5-7-9(11)25-13/h5-7H,4H2,1-3H3,(H,19,21)(H,20,22)/t14-/m0/s1. The van der Waals surface area contributed by atoms with Crippen molar-refractivity contribution >= 4 is 38.6 Å². The fourth-order valence-corrected chi connectivity index (χ4v) is 3.14. The smallest absolute Gasteiger partial charge is 0.442 e. The van der Waals surface area contributed by atoms with Crippen LogP contribution in [0.2, 0.25) is 0 Å². The number of anilines is 1. The first-order valence-electron chi connectivity index (χ1n) is 7.25. The predicted molar refractivity (Wildman–Crippen MR) is 87.2 cm³/mol. The van der Waals surface area contributed by atoms with Gasteiger partial charge in [0.15, 0.2) is 5.13 Å². The normalized spacial score (nSPS) is 14.0. The van der Waals surface area contributed by atoms with Crippen molar-refractivity contribution < 1.29 is 27.5 Å². The van der Waals surface area contributed by atoms with Crippen LogP contribution in [0, 0.1) is 6.92 Å². The van der Waals surface area contributed by atoms with Crippen LogP contribution in [0.5, 0.6) is 0 Å².